The summed E-state index contributed by atoms with van der Waals surface area (Å²) in [4.78, 5) is 17.4. The van der Waals surface area contributed by atoms with Crippen molar-refractivity contribution in [3.05, 3.63) is 23.9 Å². The first-order chi connectivity index (χ1) is 8.70. The molecular formula is C13H20N4O. The Bertz CT molecular complexity index is 417. The number of carbonyl (C=O) groups is 1. The molecule has 0 unspecified atom stereocenters. The topological polar surface area (TPSA) is 71.2 Å². The standard InChI is InChI=1S/C13H20N4O/c1-2-17(9-12(14)18)13-10(4-3-7-15-13)8-16-11-5-6-11/h3-4,7,11,16H,2,5-6,8-9H2,1H3,(H2,14,18). The molecule has 1 saturated carbocycles. The van der Waals surface area contributed by atoms with Crippen LogP contribution >= 0.6 is 0 Å². The highest BCUT2D eigenvalue weighted by molar-refractivity contribution is 5.79. The van der Waals surface area contributed by atoms with E-state index in [1.54, 1.807) is 6.20 Å². The van der Waals surface area contributed by atoms with Gasteiger partial charge in [-0.2, -0.15) is 0 Å². The Morgan fingerprint density at radius 1 is 1.61 bits per heavy atom. The van der Waals surface area contributed by atoms with Crippen molar-refractivity contribution in [2.24, 2.45) is 5.73 Å². The van der Waals surface area contributed by atoms with Crippen LogP contribution in [0.5, 0.6) is 0 Å². The number of hydrogen-bond donors (Lipinski definition) is 2. The zero-order valence-corrected chi connectivity index (χ0v) is 10.7. The SMILES string of the molecule is CCN(CC(N)=O)c1ncccc1CNC1CC1. The summed E-state index contributed by atoms with van der Waals surface area (Å²) in [5, 5.41) is 3.46. The Labute approximate surface area is 107 Å². The lowest BCUT2D eigenvalue weighted by atomic mass is 10.2. The predicted octanol–water partition coefficient (Wildman–Crippen LogP) is 0.645. The Morgan fingerprint density at radius 2 is 2.39 bits per heavy atom. The molecule has 98 valence electrons. The lowest BCUT2D eigenvalue weighted by Gasteiger charge is -2.23. The number of primary amides is 1. The summed E-state index contributed by atoms with van der Waals surface area (Å²) in [5.41, 5.74) is 6.38. The second-order valence-corrected chi connectivity index (χ2v) is 4.62. The van der Waals surface area contributed by atoms with E-state index in [4.69, 9.17) is 5.73 Å². The molecule has 5 heteroatoms. The number of aromatic nitrogens is 1. The predicted molar refractivity (Wildman–Crippen MR) is 71.2 cm³/mol. The molecule has 0 spiro atoms. The molecule has 2 rings (SSSR count). The van der Waals surface area contributed by atoms with Crippen LogP contribution in [0.2, 0.25) is 0 Å². The molecule has 1 aliphatic carbocycles. The molecule has 1 amide bonds. The van der Waals surface area contributed by atoms with Crippen molar-refractivity contribution in [3.63, 3.8) is 0 Å². The van der Waals surface area contributed by atoms with Crippen molar-refractivity contribution in [1.29, 1.82) is 0 Å². The van der Waals surface area contributed by atoms with Gasteiger partial charge < -0.3 is 16.0 Å². The first-order valence-electron chi connectivity index (χ1n) is 6.41. The minimum Gasteiger partial charge on any atom is -0.368 e. The van der Waals surface area contributed by atoms with Crippen LogP contribution in [0.25, 0.3) is 0 Å². The molecule has 0 bridgehead atoms. The van der Waals surface area contributed by atoms with Crippen molar-refractivity contribution < 1.29 is 4.79 Å². The number of nitrogens with one attached hydrogen (secondary N) is 1. The van der Waals surface area contributed by atoms with E-state index in [0.29, 0.717) is 6.04 Å². The molecule has 3 N–H and O–H groups in total. The second kappa shape index (κ2) is 5.82. The van der Waals surface area contributed by atoms with Crippen LogP contribution in [0.1, 0.15) is 25.3 Å². The van der Waals surface area contributed by atoms with E-state index in [-0.39, 0.29) is 12.5 Å². The van der Waals surface area contributed by atoms with Crippen LogP contribution < -0.4 is 16.0 Å². The molecule has 18 heavy (non-hydrogen) atoms. The minimum absolute atomic E-state index is 0.212. The van der Waals surface area contributed by atoms with Crippen molar-refractivity contribution in [3.8, 4) is 0 Å². The monoisotopic (exact) mass is 248 g/mol. The third-order valence-corrected chi connectivity index (χ3v) is 3.05. The summed E-state index contributed by atoms with van der Waals surface area (Å²) in [6, 6.07) is 4.62. The molecule has 1 aromatic rings. The summed E-state index contributed by atoms with van der Waals surface area (Å²) in [5.74, 6) is 0.524. The summed E-state index contributed by atoms with van der Waals surface area (Å²) >= 11 is 0. The molecule has 1 aliphatic rings. The van der Waals surface area contributed by atoms with Crippen LogP contribution in [0.4, 0.5) is 5.82 Å². The number of carbonyl (C=O) groups excluding carboxylic acids is 1. The molecule has 0 radical (unpaired) electrons. The molecule has 5 nitrogen and oxygen atoms in total. The van der Waals surface area contributed by atoms with Gasteiger partial charge in [-0.25, -0.2) is 4.98 Å². The number of pyridine rings is 1. The number of amides is 1. The molecule has 0 atom stereocenters. The van der Waals surface area contributed by atoms with Gasteiger partial charge in [0.25, 0.3) is 0 Å². The second-order valence-electron chi connectivity index (χ2n) is 4.62. The van der Waals surface area contributed by atoms with Crippen molar-refractivity contribution in [2.45, 2.75) is 32.4 Å². The van der Waals surface area contributed by atoms with Gasteiger partial charge in [0.15, 0.2) is 0 Å². The van der Waals surface area contributed by atoms with Gasteiger partial charge in [0, 0.05) is 30.9 Å². The van der Waals surface area contributed by atoms with E-state index in [0.717, 1.165) is 24.5 Å². The van der Waals surface area contributed by atoms with Crippen molar-refractivity contribution in [1.82, 2.24) is 10.3 Å². The van der Waals surface area contributed by atoms with E-state index < -0.39 is 0 Å². The van der Waals surface area contributed by atoms with Crippen LogP contribution in [-0.4, -0.2) is 30.0 Å². The van der Waals surface area contributed by atoms with E-state index in [1.807, 2.05) is 24.0 Å². The van der Waals surface area contributed by atoms with Crippen LogP contribution in [0, 0.1) is 0 Å². The van der Waals surface area contributed by atoms with Gasteiger partial charge in [0.05, 0.1) is 6.54 Å². The first kappa shape index (κ1) is 12.8. The third-order valence-electron chi connectivity index (χ3n) is 3.05. The van der Waals surface area contributed by atoms with Gasteiger partial charge in [-0.1, -0.05) is 6.07 Å². The minimum atomic E-state index is -0.330. The van der Waals surface area contributed by atoms with E-state index >= 15 is 0 Å². The summed E-state index contributed by atoms with van der Waals surface area (Å²) in [6.45, 7) is 3.72. The summed E-state index contributed by atoms with van der Waals surface area (Å²) in [6.07, 6.45) is 4.27. The van der Waals surface area contributed by atoms with Crippen LogP contribution in [0.3, 0.4) is 0 Å². The fourth-order valence-electron chi connectivity index (χ4n) is 1.92. The zero-order chi connectivity index (χ0) is 13.0. The van der Waals surface area contributed by atoms with Crippen LogP contribution in [-0.2, 0) is 11.3 Å². The third kappa shape index (κ3) is 3.43. The number of hydrogen-bond acceptors (Lipinski definition) is 4. The molecule has 1 heterocycles. The zero-order valence-electron chi connectivity index (χ0n) is 10.7. The van der Waals surface area contributed by atoms with Crippen molar-refractivity contribution >= 4 is 11.7 Å². The highest BCUT2D eigenvalue weighted by Gasteiger charge is 2.21. The fraction of sp³-hybridized carbons (Fsp3) is 0.538. The Balaban J connectivity index is 2.10. The number of rotatable bonds is 7. The molecule has 0 aromatic carbocycles. The summed E-state index contributed by atoms with van der Waals surface area (Å²) in [7, 11) is 0. The molecule has 1 aromatic heterocycles. The highest BCUT2D eigenvalue weighted by Crippen LogP contribution is 2.21. The number of nitrogens with two attached hydrogens (primary N) is 1. The molecular weight excluding hydrogens is 228 g/mol. The molecule has 0 aliphatic heterocycles. The van der Waals surface area contributed by atoms with Gasteiger partial charge in [-0.3, -0.25) is 4.79 Å². The number of anilines is 1. The van der Waals surface area contributed by atoms with E-state index in [1.165, 1.54) is 12.8 Å². The van der Waals surface area contributed by atoms with Gasteiger partial charge in [0.1, 0.15) is 5.82 Å². The van der Waals surface area contributed by atoms with Gasteiger partial charge in [-0.15, -0.1) is 0 Å². The Kier molecular flexibility index (Phi) is 4.15. The maximum Gasteiger partial charge on any atom is 0.236 e. The Hall–Kier alpha value is -1.62. The summed E-state index contributed by atoms with van der Waals surface area (Å²) < 4.78 is 0. The smallest absolute Gasteiger partial charge is 0.236 e. The maximum absolute atomic E-state index is 11.1. The van der Waals surface area contributed by atoms with Gasteiger partial charge >= 0.3 is 0 Å². The van der Waals surface area contributed by atoms with Crippen molar-refractivity contribution in [2.75, 3.05) is 18.0 Å². The van der Waals surface area contributed by atoms with Gasteiger partial charge in [0.2, 0.25) is 5.91 Å². The number of nitrogens with zero attached hydrogens (tertiary/aromatic N) is 2. The maximum atomic E-state index is 11.1. The normalized spacial score (nSPS) is 14.5. The average Bonchev–Trinajstić information content (AvgIpc) is 3.18. The fourth-order valence-corrected chi connectivity index (χ4v) is 1.92. The lowest BCUT2D eigenvalue weighted by molar-refractivity contribution is -0.116. The van der Waals surface area contributed by atoms with Gasteiger partial charge in [-0.05, 0) is 25.8 Å². The number of likely N-dealkylation sites (N-methyl/N-ethyl adjacent to an activating group) is 1. The lowest BCUT2D eigenvalue weighted by Crippen LogP contribution is -2.35. The average molecular weight is 248 g/mol. The van der Waals surface area contributed by atoms with E-state index in [2.05, 4.69) is 10.3 Å². The first-order valence-corrected chi connectivity index (χ1v) is 6.41. The molecule has 1 fully saturated rings. The largest absolute Gasteiger partial charge is 0.368 e. The van der Waals surface area contributed by atoms with Crippen LogP contribution in [0.15, 0.2) is 18.3 Å². The Morgan fingerprint density at radius 3 is 3.00 bits per heavy atom. The molecule has 0 saturated heterocycles. The highest BCUT2D eigenvalue weighted by atomic mass is 16.1. The van der Waals surface area contributed by atoms with E-state index in [9.17, 15) is 4.79 Å². The quantitative estimate of drug-likeness (QED) is 0.743.